The zero-order valence-corrected chi connectivity index (χ0v) is 27.8. The van der Waals surface area contributed by atoms with Gasteiger partial charge in [-0.1, -0.05) is 98.3 Å². The van der Waals surface area contributed by atoms with Crippen molar-refractivity contribution in [1.29, 1.82) is 0 Å². The normalized spacial score (nSPS) is 11.2. The van der Waals surface area contributed by atoms with Crippen LogP contribution in [-0.2, 0) is 31.3 Å². The Morgan fingerprint density at radius 2 is 1.60 bits per heavy atom. The van der Waals surface area contributed by atoms with Gasteiger partial charge in [0.15, 0.2) is 5.78 Å². The molecule has 0 unspecified atom stereocenters. The molecule has 6 heteroatoms. The minimum atomic E-state index is -0.125. The minimum absolute atomic E-state index is 0. The molecule has 219 valence electrons. The summed E-state index contributed by atoms with van der Waals surface area (Å²) in [6.45, 7) is 7.37. The number of carbonyl (C=O) groups excluding carboxylic acids is 1. The van der Waals surface area contributed by atoms with Crippen LogP contribution in [0.4, 0.5) is 0 Å². The van der Waals surface area contributed by atoms with Crippen LogP contribution in [0.3, 0.4) is 0 Å². The van der Waals surface area contributed by atoms with Crippen LogP contribution in [0, 0.1) is 12.0 Å². The zero-order valence-electron chi connectivity index (χ0n) is 24.6. The number of nitrogens with zero attached hydrogens (tertiary/aromatic N) is 2. The average molecular weight is 762 g/mol. The van der Waals surface area contributed by atoms with Crippen molar-refractivity contribution >= 4 is 38.1 Å². The molecule has 0 aliphatic rings. The van der Waals surface area contributed by atoms with Crippen molar-refractivity contribution in [2.24, 2.45) is 5.92 Å². The van der Waals surface area contributed by atoms with Crippen LogP contribution in [0.2, 0.25) is 0 Å². The predicted octanol–water partition coefficient (Wildman–Crippen LogP) is 9.88. The Morgan fingerprint density at radius 3 is 2.21 bits per heavy atom. The summed E-state index contributed by atoms with van der Waals surface area (Å²) in [5, 5.41) is 11.7. The van der Waals surface area contributed by atoms with Gasteiger partial charge in [-0.25, -0.2) is 0 Å². The van der Waals surface area contributed by atoms with Crippen molar-refractivity contribution in [3.63, 3.8) is 0 Å². The van der Waals surface area contributed by atoms with Gasteiger partial charge in [-0.05, 0) is 70.1 Å². The van der Waals surface area contributed by atoms with Crippen LogP contribution in [-0.4, -0.2) is 20.9 Å². The second-order valence-corrected chi connectivity index (χ2v) is 11.7. The number of allylic oxidation sites excluding steroid dienone is 2. The maximum absolute atomic E-state index is 10.0. The van der Waals surface area contributed by atoms with Crippen LogP contribution < -0.4 is 0 Å². The number of carbonyl (C=O) groups is 1. The van der Waals surface area contributed by atoms with Crippen LogP contribution in [0.1, 0.15) is 33.3 Å². The van der Waals surface area contributed by atoms with E-state index < -0.39 is 0 Å². The number of hydrogen-bond donors (Lipinski definition) is 1. The van der Waals surface area contributed by atoms with Gasteiger partial charge in [-0.2, -0.15) is 11.3 Å². The van der Waals surface area contributed by atoms with Crippen molar-refractivity contribution in [3.8, 4) is 33.0 Å². The first-order chi connectivity index (χ1) is 20.3. The van der Waals surface area contributed by atoms with Gasteiger partial charge < -0.3 is 10.1 Å². The second-order valence-electron chi connectivity index (χ2n) is 10.7. The largest absolute Gasteiger partial charge is 0.512 e. The zero-order chi connectivity index (χ0) is 29.6. The van der Waals surface area contributed by atoms with Crippen LogP contribution in [0.25, 0.3) is 53.9 Å². The molecule has 0 atom stereocenters. The quantitative estimate of drug-likeness (QED) is 0.104. The molecule has 0 fully saturated rings. The van der Waals surface area contributed by atoms with Gasteiger partial charge in [0, 0.05) is 37.9 Å². The van der Waals surface area contributed by atoms with Gasteiger partial charge in [0.2, 0.25) is 0 Å². The Kier molecular flexibility index (Phi) is 10.8. The molecule has 2 heterocycles. The molecule has 0 aliphatic heterocycles. The fourth-order valence-electron chi connectivity index (χ4n) is 4.96. The van der Waals surface area contributed by atoms with E-state index in [4.69, 9.17) is 15.1 Å². The molecule has 6 rings (SSSR count). The van der Waals surface area contributed by atoms with Gasteiger partial charge >= 0.3 is 0 Å². The first-order valence-corrected chi connectivity index (χ1v) is 14.8. The molecule has 0 amide bonds. The van der Waals surface area contributed by atoms with Crippen LogP contribution in [0.5, 0.6) is 0 Å². The maximum atomic E-state index is 10.0. The van der Waals surface area contributed by atoms with Gasteiger partial charge in [0.1, 0.15) is 5.01 Å². The predicted molar refractivity (Wildman–Crippen MR) is 176 cm³/mol. The van der Waals surface area contributed by atoms with E-state index >= 15 is 0 Å². The summed E-state index contributed by atoms with van der Waals surface area (Å²) >= 11 is 1.72. The third-order valence-electron chi connectivity index (χ3n) is 6.66. The number of pyridine rings is 1. The van der Waals surface area contributed by atoms with E-state index in [1.54, 1.807) is 11.3 Å². The van der Waals surface area contributed by atoms with E-state index in [0.29, 0.717) is 5.92 Å². The molecule has 1 radical (unpaired) electrons. The first kappa shape index (κ1) is 32.0. The standard InChI is InChI=1S/C32H25N2S.C5H8O2.Ir/c1-21(2)17-22-13-14-27-25(18-22)15-16-33-30(27)26-19-28(23-9-5-3-6-10-23)31-29(20-26)34-32(35-31)24-11-7-4-8-12-24;1-4(6)3-5(2)7;/h3-16,18-19,21H,17H2,1-2H3;3,6H,1-2H3;/q-1;;/b;4-3-;. The van der Waals surface area contributed by atoms with E-state index in [1.165, 1.54) is 42.0 Å². The maximum Gasteiger partial charge on any atom is 0.155 e. The molecule has 0 saturated heterocycles. The van der Waals surface area contributed by atoms with E-state index in [9.17, 15) is 4.79 Å². The van der Waals surface area contributed by atoms with Gasteiger partial charge in [-0.15, -0.1) is 17.7 Å². The first-order valence-electron chi connectivity index (χ1n) is 14.0. The van der Waals surface area contributed by atoms with Crippen LogP contribution in [0.15, 0.2) is 109 Å². The Labute approximate surface area is 270 Å². The number of benzene rings is 4. The van der Waals surface area contributed by atoms with Gasteiger partial charge in [0.25, 0.3) is 0 Å². The fraction of sp³-hybridized carbons (Fsp3) is 0.162. The molecule has 6 aromatic rings. The molecule has 2 aromatic heterocycles. The van der Waals surface area contributed by atoms with Crippen molar-refractivity contribution in [1.82, 2.24) is 9.97 Å². The molecule has 4 nitrogen and oxygen atoms in total. The number of thiazole rings is 1. The number of hydrogen-bond acceptors (Lipinski definition) is 5. The molecule has 4 aromatic carbocycles. The summed E-state index contributed by atoms with van der Waals surface area (Å²) in [7, 11) is 0. The number of fused-ring (bicyclic) bond motifs is 2. The van der Waals surface area contributed by atoms with E-state index in [0.717, 1.165) is 43.9 Å². The Bertz CT molecular complexity index is 1880. The molecular formula is C37H33IrN2O2S-. The Balaban J connectivity index is 0.000000475. The third kappa shape index (κ3) is 7.91. The van der Waals surface area contributed by atoms with Gasteiger partial charge in [-0.3, -0.25) is 9.78 Å². The SMILES string of the molecule is CC(=O)/C=C(/C)O.CC(C)Cc1ccc2c(-c3[c-]c4nc(-c5ccccc5)sc4c(-c4ccccc4)c3)nccc2c1.[Ir]. The number of ketones is 1. The Morgan fingerprint density at radius 1 is 0.930 bits per heavy atom. The van der Waals surface area contributed by atoms with Crippen molar-refractivity contribution < 1.29 is 30.0 Å². The topological polar surface area (TPSA) is 63.1 Å². The van der Waals surface area contributed by atoms with Gasteiger partial charge in [0.05, 0.1) is 5.76 Å². The molecular weight excluding hydrogens is 729 g/mol. The van der Waals surface area contributed by atoms with E-state index in [2.05, 4.69) is 105 Å². The van der Waals surface area contributed by atoms with Crippen molar-refractivity contribution in [2.45, 2.75) is 34.1 Å². The molecule has 1 N–H and O–H groups in total. The summed E-state index contributed by atoms with van der Waals surface area (Å²) in [6.07, 6.45) is 4.15. The molecule has 43 heavy (non-hydrogen) atoms. The summed E-state index contributed by atoms with van der Waals surface area (Å²) in [5.41, 5.74) is 7.65. The summed E-state index contributed by atoms with van der Waals surface area (Å²) in [4.78, 5) is 19.9. The summed E-state index contributed by atoms with van der Waals surface area (Å²) in [6, 6.07) is 35.6. The molecule has 0 spiro atoms. The van der Waals surface area contributed by atoms with E-state index in [1.807, 2.05) is 12.3 Å². The van der Waals surface area contributed by atoms with Crippen molar-refractivity contribution in [2.75, 3.05) is 0 Å². The molecule has 0 aliphatic carbocycles. The third-order valence-corrected chi connectivity index (χ3v) is 7.80. The fourth-order valence-corrected chi connectivity index (χ4v) is 6.02. The number of aromatic nitrogens is 2. The minimum Gasteiger partial charge on any atom is -0.512 e. The number of aliphatic hydroxyl groups is 1. The smallest absolute Gasteiger partial charge is 0.155 e. The average Bonchev–Trinajstić information content (AvgIpc) is 3.41. The summed E-state index contributed by atoms with van der Waals surface area (Å²) in [5.74, 6) is 0.564. The van der Waals surface area contributed by atoms with Crippen LogP contribution >= 0.6 is 11.3 Å². The summed E-state index contributed by atoms with van der Waals surface area (Å²) < 4.78 is 1.15. The molecule has 0 saturated carbocycles. The monoisotopic (exact) mass is 762 g/mol. The molecule has 0 bridgehead atoms. The van der Waals surface area contributed by atoms with Crippen molar-refractivity contribution in [3.05, 3.63) is 121 Å². The van der Waals surface area contributed by atoms with E-state index in [-0.39, 0.29) is 31.6 Å². The second kappa shape index (κ2) is 14.5. The number of rotatable bonds is 6. The Hall–Kier alpha value is -3.96. The number of aliphatic hydroxyl groups excluding tert-OH is 1.